The lowest BCUT2D eigenvalue weighted by Crippen LogP contribution is -2.01. The van der Waals surface area contributed by atoms with Crippen molar-refractivity contribution in [3.05, 3.63) is 46.9 Å². The summed E-state index contributed by atoms with van der Waals surface area (Å²) in [6.07, 6.45) is 11.7. The summed E-state index contributed by atoms with van der Waals surface area (Å²) in [5.74, 6) is 1.67. The smallest absolute Gasteiger partial charge is 0.0308 e. The van der Waals surface area contributed by atoms with Crippen LogP contribution in [-0.4, -0.2) is 0 Å². The first-order valence-corrected chi connectivity index (χ1v) is 9.01. The Labute approximate surface area is 131 Å². The van der Waals surface area contributed by atoms with E-state index >= 15 is 0 Å². The molecule has 0 aliphatic heterocycles. The maximum absolute atomic E-state index is 2.35. The largest absolute Gasteiger partial charge is 0.0654 e. The molecule has 1 aromatic rings. The van der Waals surface area contributed by atoms with E-state index in [0.717, 1.165) is 0 Å². The Hall–Kier alpha value is -1.04. The van der Waals surface area contributed by atoms with Gasteiger partial charge in [0.2, 0.25) is 0 Å². The van der Waals surface area contributed by atoms with E-state index in [1.54, 1.807) is 28.2 Å². The molecule has 0 spiro atoms. The fraction of sp³-hybridized carbons (Fsp3) is 0.571. The molecule has 0 bridgehead atoms. The van der Waals surface area contributed by atoms with E-state index in [4.69, 9.17) is 0 Å². The number of hydrogen-bond donors (Lipinski definition) is 0. The van der Waals surface area contributed by atoms with Gasteiger partial charge < -0.3 is 0 Å². The third-order valence-corrected chi connectivity index (χ3v) is 4.65. The maximum Gasteiger partial charge on any atom is 0.0308 e. The van der Waals surface area contributed by atoms with Crippen molar-refractivity contribution in [2.75, 3.05) is 0 Å². The van der Waals surface area contributed by atoms with E-state index in [2.05, 4.69) is 45.0 Å². The molecule has 1 aliphatic carbocycles. The molecule has 0 heterocycles. The van der Waals surface area contributed by atoms with Crippen molar-refractivity contribution in [3.8, 4) is 0 Å². The molecule has 0 amide bonds. The summed E-state index contributed by atoms with van der Waals surface area (Å²) in [5.41, 5.74) is 6.47. The molecule has 1 aromatic carbocycles. The second-order valence-corrected chi connectivity index (χ2v) is 6.29. The van der Waals surface area contributed by atoms with Gasteiger partial charge in [-0.15, -0.1) is 0 Å². The Morgan fingerprint density at radius 3 is 1.76 bits per heavy atom. The Kier molecular flexibility index (Phi) is 6.54. The molecule has 0 saturated carbocycles. The summed E-state index contributed by atoms with van der Waals surface area (Å²) < 4.78 is 0. The second kappa shape index (κ2) is 8.41. The van der Waals surface area contributed by atoms with Crippen molar-refractivity contribution in [3.63, 3.8) is 0 Å². The normalized spacial score (nSPS) is 14.8. The zero-order valence-electron chi connectivity index (χ0n) is 14.2. The SMILES string of the molecule is CCCC[C]1C(CCCC)=C(CCCC)c2ccccc21. The van der Waals surface area contributed by atoms with Crippen LogP contribution in [0.2, 0.25) is 0 Å². The van der Waals surface area contributed by atoms with Crippen molar-refractivity contribution in [2.45, 2.75) is 78.6 Å². The monoisotopic (exact) mass is 283 g/mol. The lowest BCUT2D eigenvalue weighted by molar-refractivity contribution is 0.718. The molecular weight excluding hydrogens is 252 g/mol. The molecule has 1 aliphatic rings. The third-order valence-electron chi connectivity index (χ3n) is 4.65. The van der Waals surface area contributed by atoms with E-state index in [-0.39, 0.29) is 0 Å². The lowest BCUT2D eigenvalue weighted by atomic mass is 9.88. The molecule has 0 saturated heterocycles. The summed E-state index contributed by atoms with van der Waals surface area (Å²) in [6, 6.07) is 9.13. The van der Waals surface area contributed by atoms with Crippen LogP contribution < -0.4 is 0 Å². The van der Waals surface area contributed by atoms with E-state index in [0.29, 0.717) is 0 Å². The van der Waals surface area contributed by atoms with Crippen LogP contribution in [0.4, 0.5) is 0 Å². The predicted octanol–water partition coefficient (Wildman–Crippen LogP) is 6.95. The Bertz CT molecular complexity index is 467. The average molecular weight is 283 g/mol. The average Bonchev–Trinajstić information content (AvgIpc) is 2.81. The number of rotatable bonds is 9. The molecular formula is C21H31. The van der Waals surface area contributed by atoms with E-state index < -0.39 is 0 Å². The van der Waals surface area contributed by atoms with E-state index in [9.17, 15) is 0 Å². The molecule has 1 radical (unpaired) electrons. The minimum atomic E-state index is 1.27. The van der Waals surface area contributed by atoms with Crippen molar-refractivity contribution in [2.24, 2.45) is 0 Å². The molecule has 0 atom stereocenters. The maximum atomic E-state index is 2.35. The van der Waals surface area contributed by atoms with Crippen molar-refractivity contribution < 1.29 is 0 Å². The van der Waals surface area contributed by atoms with Gasteiger partial charge in [0.1, 0.15) is 0 Å². The molecule has 0 unspecified atom stereocenters. The van der Waals surface area contributed by atoms with Gasteiger partial charge in [-0.1, -0.05) is 76.3 Å². The summed E-state index contributed by atoms with van der Waals surface area (Å²) in [5, 5.41) is 0. The molecule has 0 nitrogen and oxygen atoms in total. The zero-order valence-corrected chi connectivity index (χ0v) is 14.2. The van der Waals surface area contributed by atoms with Crippen molar-refractivity contribution >= 4 is 5.57 Å². The highest BCUT2D eigenvalue weighted by molar-refractivity contribution is 5.83. The highest BCUT2D eigenvalue weighted by Gasteiger charge is 2.29. The molecule has 2 rings (SSSR count). The summed E-state index contributed by atoms with van der Waals surface area (Å²) in [4.78, 5) is 0. The molecule has 0 aromatic heterocycles. The number of fused-ring (bicyclic) bond motifs is 1. The van der Waals surface area contributed by atoms with Crippen LogP contribution >= 0.6 is 0 Å². The Balaban J connectivity index is 2.33. The van der Waals surface area contributed by atoms with Gasteiger partial charge in [-0.3, -0.25) is 0 Å². The first kappa shape index (κ1) is 16.3. The summed E-state index contributed by atoms with van der Waals surface area (Å²) >= 11 is 0. The van der Waals surface area contributed by atoms with Gasteiger partial charge in [-0.05, 0) is 48.8 Å². The standard InChI is InChI=1S/C21H31/c1-4-7-12-17-18(13-8-5-2)20-15-10-11-16-21(20)19(17)14-9-6-3/h10-11,15-16H,4-9,12-14H2,1-3H3. The number of unbranched alkanes of at least 4 members (excludes halogenated alkanes) is 3. The molecule has 115 valence electrons. The molecule has 0 heteroatoms. The van der Waals surface area contributed by atoms with Gasteiger partial charge in [0.15, 0.2) is 0 Å². The minimum Gasteiger partial charge on any atom is -0.0654 e. The first-order valence-electron chi connectivity index (χ1n) is 9.01. The van der Waals surface area contributed by atoms with Crippen LogP contribution in [0.15, 0.2) is 29.8 Å². The Morgan fingerprint density at radius 1 is 0.619 bits per heavy atom. The van der Waals surface area contributed by atoms with Crippen LogP contribution in [0.1, 0.15) is 89.7 Å². The number of allylic oxidation sites excluding steroid dienone is 2. The third kappa shape index (κ3) is 3.78. The van der Waals surface area contributed by atoms with Gasteiger partial charge in [-0.25, -0.2) is 0 Å². The van der Waals surface area contributed by atoms with Crippen molar-refractivity contribution in [1.29, 1.82) is 0 Å². The first-order chi connectivity index (χ1) is 10.3. The molecule has 21 heavy (non-hydrogen) atoms. The predicted molar refractivity (Wildman–Crippen MR) is 94.3 cm³/mol. The highest BCUT2D eigenvalue weighted by atomic mass is 14.3. The van der Waals surface area contributed by atoms with Gasteiger partial charge in [0.25, 0.3) is 0 Å². The number of benzene rings is 1. The van der Waals surface area contributed by atoms with Crippen LogP contribution in [0, 0.1) is 5.92 Å². The van der Waals surface area contributed by atoms with Gasteiger partial charge >= 0.3 is 0 Å². The quantitative estimate of drug-likeness (QED) is 0.460. The molecule has 0 N–H and O–H groups in total. The highest BCUT2D eigenvalue weighted by Crippen LogP contribution is 2.47. The topological polar surface area (TPSA) is 0 Å². The fourth-order valence-electron chi connectivity index (χ4n) is 3.45. The van der Waals surface area contributed by atoms with Crippen molar-refractivity contribution in [1.82, 2.24) is 0 Å². The van der Waals surface area contributed by atoms with Crippen LogP contribution in [-0.2, 0) is 0 Å². The second-order valence-electron chi connectivity index (χ2n) is 6.29. The van der Waals surface area contributed by atoms with Gasteiger partial charge in [-0.2, -0.15) is 0 Å². The van der Waals surface area contributed by atoms with Crippen LogP contribution in [0.25, 0.3) is 5.57 Å². The minimum absolute atomic E-state index is 1.27. The van der Waals surface area contributed by atoms with Crippen LogP contribution in [0.5, 0.6) is 0 Å². The summed E-state index contributed by atoms with van der Waals surface area (Å²) in [6.45, 7) is 6.91. The zero-order chi connectivity index (χ0) is 15.1. The Morgan fingerprint density at radius 2 is 1.14 bits per heavy atom. The molecule has 0 fully saturated rings. The fourth-order valence-corrected chi connectivity index (χ4v) is 3.45. The summed E-state index contributed by atoms with van der Waals surface area (Å²) in [7, 11) is 0. The number of hydrogen-bond acceptors (Lipinski definition) is 0. The van der Waals surface area contributed by atoms with E-state index in [1.165, 1.54) is 57.8 Å². The van der Waals surface area contributed by atoms with E-state index in [1.807, 2.05) is 0 Å². The lowest BCUT2D eigenvalue weighted by Gasteiger charge is -2.16. The van der Waals surface area contributed by atoms with Gasteiger partial charge in [0.05, 0.1) is 0 Å². The van der Waals surface area contributed by atoms with Crippen LogP contribution in [0.3, 0.4) is 0 Å². The van der Waals surface area contributed by atoms with Gasteiger partial charge in [0, 0.05) is 5.92 Å².